The molecule has 0 bridgehead atoms. The second kappa shape index (κ2) is 18.7. The highest BCUT2D eigenvalue weighted by molar-refractivity contribution is 6.24. The number of nitrogens with zero attached hydrogens (tertiary/aromatic N) is 5. The number of nitrogens with one attached hydrogen (secondary N) is 1. The molecule has 4 aromatic rings. The number of amides is 4. The highest BCUT2D eigenvalue weighted by Gasteiger charge is 2.46. The molecule has 2 aromatic carbocycles. The van der Waals surface area contributed by atoms with Gasteiger partial charge in [0.25, 0.3) is 17.4 Å². The minimum Gasteiger partial charge on any atom is -0.496 e. The van der Waals surface area contributed by atoms with Gasteiger partial charge in [0.1, 0.15) is 36.2 Å². The predicted octanol–water partition coefficient (Wildman–Crippen LogP) is 3.46. The smallest absolute Gasteiger partial charge is 0.266 e. The first-order chi connectivity index (χ1) is 29.4. The Labute approximate surface area is 353 Å². The quantitative estimate of drug-likeness (QED) is 0.111. The Morgan fingerprint density at radius 3 is 2.28 bits per heavy atom. The average Bonchev–Trinajstić information content (AvgIpc) is 3.89. The van der Waals surface area contributed by atoms with Gasteiger partial charge >= 0.3 is 0 Å². The Hall–Kier alpha value is -5.97. The van der Waals surface area contributed by atoms with E-state index in [0.29, 0.717) is 11.4 Å². The molecule has 2 saturated heterocycles. The van der Waals surface area contributed by atoms with Gasteiger partial charge in [0.05, 0.1) is 49.5 Å². The van der Waals surface area contributed by atoms with Gasteiger partial charge in [-0.25, -0.2) is 0 Å². The van der Waals surface area contributed by atoms with Crippen LogP contribution in [0.3, 0.4) is 0 Å². The van der Waals surface area contributed by atoms with Gasteiger partial charge in [-0.15, -0.1) is 0 Å². The number of methoxy groups -OCH3 is 2. The maximum Gasteiger partial charge on any atom is 0.266 e. The van der Waals surface area contributed by atoms with Gasteiger partial charge in [0.2, 0.25) is 11.8 Å². The van der Waals surface area contributed by atoms with Crippen LogP contribution in [0.25, 0.3) is 21.9 Å². The lowest BCUT2D eigenvalue weighted by atomic mass is 9.98. The van der Waals surface area contributed by atoms with Crippen LogP contribution in [0.1, 0.15) is 58.4 Å². The third-order valence-corrected chi connectivity index (χ3v) is 12.1. The number of hydrogen-bond donors (Lipinski definition) is 1. The summed E-state index contributed by atoms with van der Waals surface area (Å²) in [6.45, 7) is 3.84. The van der Waals surface area contributed by atoms with Crippen LogP contribution in [-0.2, 0) is 32.7 Å². The molecule has 61 heavy (non-hydrogen) atoms. The van der Waals surface area contributed by atoms with Crippen molar-refractivity contribution in [1.82, 2.24) is 29.6 Å². The molecule has 1 N–H and O–H groups in total. The van der Waals surface area contributed by atoms with E-state index in [9.17, 15) is 28.8 Å². The van der Waals surface area contributed by atoms with E-state index in [-0.39, 0.29) is 61.5 Å². The lowest BCUT2D eigenvalue weighted by molar-refractivity contribution is -0.136. The molecule has 3 unspecified atom stereocenters. The summed E-state index contributed by atoms with van der Waals surface area (Å²) in [6, 6.07) is 10.2. The molecular weight excluding hydrogens is 785 g/mol. The van der Waals surface area contributed by atoms with E-state index >= 15 is 0 Å². The van der Waals surface area contributed by atoms with Crippen LogP contribution in [-0.4, -0.2) is 127 Å². The number of aromatic nitrogens is 2. The predicted molar refractivity (Wildman–Crippen MR) is 225 cm³/mol. The first-order valence-electron chi connectivity index (χ1n) is 20.5. The number of fused-ring (bicyclic) bond motifs is 3. The number of piperidine rings is 1. The van der Waals surface area contributed by atoms with E-state index in [0.717, 1.165) is 63.1 Å². The topological polar surface area (TPSA) is 179 Å². The summed E-state index contributed by atoms with van der Waals surface area (Å²) in [4.78, 5) is 81.7. The number of likely N-dealkylation sites (tertiary alicyclic amines) is 1. The van der Waals surface area contributed by atoms with Crippen molar-refractivity contribution in [2.45, 2.75) is 50.7 Å². The third kappa shape index (κ3) is 8.92. The zero-order valence-corrected chi connectivity index (χ0v) is 35.2. The molecular formula is C45H52N6O10. The molecule has 3 atom stereocenters. The van der Waals surface area contributed by atoms with E-state index in [1.165, 1.54) is 32.0 Å². The van der Waals surface area contributed by atoms with Gasteiger partial charge in [0, 0.05) is 69.7 Å². The number of carbonyl (C=O) groups excluding carboxylic acids is 5. The molecule has 16 nitrogen and oxygen atoms in total. The van der Waals surface area contributed by atoms with Crippen molar-refractivity contribution in [3.8, 4) is 28.4 Å². The summed E-state index contributed by atoms with van der Waals surface area (Å²) in [7, 11) is 9.64. The van der Waals surface area contributed by atoms with Gasteiger partial charge in [0.15, 0.2) is 0 Å². The second-order valence-electron chi connectivity index (χ2n) is 16.1. The van der Waals surface area contributed by atoms with E-state index in [4.69, 9.17) is 18.9 Å². The standard InChI is InChI=1S/C27H34N4O3.C18H18N2O7/c1-29-13-18-8-20(9-19(18)14-29)30(2)16-24-25(33-4)10-17(11-26(24)34-5)23-15-31(3)27(32)22-12-28-7-6-21(22)23;21-7-2-8-26-9-10-27-13-4-1-3-11-15(13)18(25)20(17(11)24)12-5-6-14(22)19-16(12)23/h6-7,10-12,15,18-20H,8-9,13-14,16H2,1-5H3;1,3-4,7,12H,2,5-6,8-10H2,(H,19,22,23). The number of hydrogen-bond acceptors (Lipinski definition) is 13. The summed E-state index contributed by atoms with van der Waals surface area (Å²) < 4.78 is 24.1. The molecule has 4 aliphatic rings. The Balaban J connectivity index is 0.000000189. The molecule has 5 heterocycles. The van der Waals surface area contributed by atoms with Gasteiger partial charge in [-0.2, -0.15) is 0 Å². The molecule has 0 radical (unpaired) electrons. The van der Waals surface area contributed by atoms with Crippen LogP contribution >= 0.6 is 0 Å². The number of imide groups is 2. The van der Waals surface area contributed by atoms with Crippen molar-refractivity contribution in [2.75, 3.05) is 61.2 Å². The minimum absolute atomic E-state index is 0.0588. The fourth-order valence-electron chi connectivity index (χ4n) is 9.13. The fourth-order valence-corrected chi connectivity index (χ4v) is 9.13. The number of rotatable bonds is 14. The van der Waals surface area contributed by atoms with Crippen LogP contribution in [0, 0.1) is 11.8 Å². The number of pyridine rings is 2. The van der Waals surface area contributed by atoms with Crippen molar-refractivity contribution >= 4 is 40.7 Å². The summed E-state index contributed by atoms with van der Waals surface area (Å²) >= 11 is 0. The average molecular weight is 837 g/mol. The first-order valence-corrected chi connectivity index (χ1v) is 20.5. The van der Waals surface area contributed by atoms with E-state index < -0.39 is 29.7 Å². The van der Waals surface area contributed by atoms with E-state index in [2.05, 4.69) is 46.3 Å². The Morgan fingerprint density at radius 2 is 1.61 bits per heavy atom. The Bertz CT molecular complexity index is 2360. The van der Waals surface area contributed by atoms with Crippen LogP contribution in [0.4, 0.5) is 0 Å². The largest absolute Gasteiger partial charge is 0.496 e. The summed E-state index contributed by atoms with van der Waals surface area (Å²) in [6.07, 6.45) is 8.93. The third-order valence-electron chi connectivity index (χ3n) is 12.1. The molecule has 4 amide bonds. The molecule has 3 aliphatic heterocycles. The van der Waals surface area contributed by atoms with Gasteiger partial charge in [-0.05, 0) is 86.5 Å². The maximum absolute atomic E-state index is 12.8. The Kier molecular flexibility index (Phi) is 13.3. The van der Waals surface area contributed by atoms with Crippen LogP contribution in [0.5, 0.6) is 17.2 Å². The van der Waals surface area contributed by atoms with Crippen molar-refractivity contribution < 1.29 is 42.9 Å². The highest BCUT2D eigenvalue weighted by Crippen LogP contribution is 2.42. The lowest BCUT2D eigenvalue weighted by Crippen LogP contribution is -2.54. The lowest BCUT2D eigenvalue weighted by Gasteiger charge is -2.27. The highest BCUT2D eigenvalue weighted by atomic mass is 16.5. The monoisotopic (exact) mass is 836 g/mol. The number of aryl methyl sites for hydroxylation is 1. The van der Waals surface area contributed by atoms with Crippen molar-refractivity contribution in [1.29, 1.82) is 0 Å². The molecule has 0 spiro atoms. The van der Waals surface area contributed by atoms with Crippen LogP contribution < -0.4 is 25.1 Å². The number of ether oxygens (including phenoxy) is 4. The van der Waals surface area contributed by atoms with E-state index in [1.807, 2.05) is 12.3 Å². The van der Waals surface area contributed by atoms with Gasteiger partial charge < -0.3 is 33.2 Å². The molecule has 8 rings (SSSR count). The van der Waals surface area contributed by atoms with Crippen LogP contribution in [0.15, 0.2) is 59.8 Å². The van der Waals surface area contributed by atoms with Crippen molar-refractivity contribution in [3.05, 3.63) is 82.0 Å². The Morgan fingerprint density at radius 1 is 0.885 bits per heavy atom. The zero-order valence-electron chi connectivity index (χ0n) is 35.2. The molecule has 16 heteroatoms. The normalized spacial score (nSPS) is 21.0. The van der Waals surface area contributed by atoms with Crippen molar-refractivity contribution in [2.24, 2.45) is 18.9 Å². The van der Waals surface area contributed by atoms with Crippen LogP contribution in [0.2, 0.25) is 0 Å². The number of carbonyl (C=O) groups is 5. The molecule has 1 saturated carbocycles. The first kappa shape index (κ1) is 43.1. The molecule has 2 aromatic heterocycles. The fraction of sp³-hybridized carbons (Fsp3) is 0.444. The number of benzene rings is 2. The SMILES string of the molecule is COc1cc(-c2cn(C)c(=O)c3cnccc23)cc(OC)c1CN(C)C1CC2CN(C)CC2C1.O=CCCOCCOc1cccc2c1C(=O)N(C1CCC(=O)NC1=O)C2=O. The van der Waals surface area contributed by atoms with Gasteiger partial charge in [-0.3, -0.25) is 44.1 Å². The summed E-state index contributed by atoms with van der Waals surface area (Å²) in [5, 5.41) is 3.62. The van der Waals surface area contributed by atoms with Gasteiger partial charge in [-0.1, -0.05) is 6.07 Å². The maximum atomic E-state index is 12.8. The summed E-state index contributed by atoms with van der Waals surface area (Å²) in [5.41, 5.74) is 3.15. The zero-order chi connectivity index (χ0) is 43.4. The second-order valence-corrected chi connectivity index (χ2v) is 16.1. The molecule has 1 aliphatic carbocycles. The van der Waals surface area contributed by atoms with E-state index in [1.54, 1.807) is 50.4 Å². The summed E-state index contributed by atoms with van der Waals surface area (Å²) in [5.74, 6) is 1.16. The number of aldehydes is 1. The van der Waals surface area contributed by atoms with Crippen molar-refractivity contribution in [3.63, 3.8) is 0 Å². The minimum atomic E-state index is -1.02. The molecule has 3 fully saturated rings. The molecule has 322 valence electrons.